The lowest BCUT2D eigenvalue weighted by molar-refractivity contribution is -0.141. The minimum Gasteiger partial charge on any atom is -0.469 e. The van der Waals surface area contributed by atoms with Crippen molar-refractivity contribution in [2.24, 2.45) is 45.4 Å². The molecule has 0 bridgehead atoms. The number of aliphatic imine (C=N–C) groups is 1. The number of hydrogen-bond donors (Lipinski definition) is 1. The summed E-state index contributed by atoms with van der Waals surface area (Å²) in [4.78, 5) is 16.1. The normalized spacial score (nSPS) is 40.9. The number of ether oxygens (including phenoxy) is 1. The third-order valence-electron chi connectivity index (χ3n) is 11.1. The smallest absolute Gasteiger partial charge is 0.305 e. The van der Waals surface area contributed by atoms with E-state index in [2.05, 4.69) is 30.7 Å². The Kier molecular flexibility index (Phi) is 8.94. The fraction of sp³-hybridized carbons (Fsp3) is 0.806. The maximum absolute atomic E-state index is 11.6. The number of carbonyl (C=O) groups excluding carboxylic acids is 1. The van der Waals surface area contributed by atoms with Gasteiger partial charge in [-0.05, 0) is 117 Å². The molecule has 4 rings (SSSR count). The standard InChI is InChI=1S/C31H50N2O2/c1-5-6-7-19-32-20-21-33-25-15-17-31(3)24(22-25)11-13-26-27-14-12-23(9-8-10-29(34)35-4)30(27,2)18-16-28(26)31/h5-7,19,23-28,33H,1,8-18,20-22H2,2-4H3/b7-6-,32-19?/t23?,24-,25+,26?,27?,28?,30?,31?/m0/s1. The second-order valence-electron chi connectivity index (χ2n) is 12.5. The third-order valence-corrected chi connectivity index (χ3v) is 11.1. The van der Waals surface area contributed by atoms with E-state index in [0.717, 1.165) is 49.1 Å². The minimum absolute atomic E-state index is 0.0434. The number of nitrogens with zero attached hydrogens (tertiary/aromatic N) is 1. The number of allylic oxidation sites excluding steroid dienone is 3. The zero-order valence-electron chi connectivity index (χ0n) is 22.6. The van der Waals surface area contributed by atoms with Crippen LogP contribution in [0.25, 0.3) is 0 Å². The van der Waals surface area contributed by atoms with E-state index < -0.39 is 0 Å². The molecular weight excluding hydrogens is 432 g/mol. The van der Waals surface area contributed by atoms with Crippen LogP contribution in [0.15, 0.2) is 29.8 Å². The molecule has 0 aromatic rings. The largest absolute Gasteiger partial charge is 0.469 e. The summed E-state index contributed by atoms with van der Waals surface area (Å²) in [5.74, 6) is 4.41. The summed E-state index contributed by atoms with van der Waals surface area (Å²) in [6.45, 7) is 10.8. The minimum atomic E-state index is -0.0434. The molecule has 4 nitrogen and oxygen atoms in total. The van der Waals surface area contributed by atoms with E-state index in [0.29, 0.717) is 23.3 Å². The fourth-order valence-electron chi connectivity index (χ4n) is 9.22. The van der Waals surface area contributed by atoms with Crippen molar-refractivity contribution in [1.82, 2.24) is 5.32 Å². The summed E-state index contributed by atoms with van der Waals surface area (Å²) >= 11 is 0. The van der Waals surface area contributed by atoms with Crippen LogP contribution >= 0.6 is 0 Å². The van der Waals surface area contributed by atoms with Crippen LogP contribution in [0.5, 0.6) is 0 Å². The Bertz CT molecular complexity index is 791. The van der Waals surface area contributed by atoms with E-state index >= 15 is 0 Å². The van der Waals surface area contributed by atoms with Crippen molar-refractivity contribution in [3.63, 3.8) is 0 Å². The lowest BCUT2D eigenvalue weighted by Crippen LogP contribution is -2.55. The van der Waals surface area contributed by atoms with E-state index in [9.17, 15) is 4.79 Å². The van der Waals surface area contributed by atoms with Crippen LogP contribution in [0.4, 0.5) is 0 Å². The number of fused-ring (bicyclic) bond motifs is 5. The van der Waals surface area contributed by atoms with Crippen molar-refractivity contribution >= 4 is 12.2 Å². The number of rotatable bonds is 10. The van der Waals surface area contributed by atoms with Gasteiger partial charge in [0.15, 0.2) is 0 Å². The van der Waals surface area contributed by atoms with Crippen LogP contribution in [0.2, 0.25) is 0 Å². The number of hydrogen-bond acceptors (Lipinski definition) is 4. The summed E-state index contributed by atoms with van der Waals surface area (Å²) in [5.41, 5.74) is 1.04. The highest BCUT2D eigenvalue weighted by Crippen LogP contribution is 2.67. The maximum atomic E-state index is 11.6. The molecule has 0 spiro atoms. The van der Waals surface area contributed by atoms with E-state index in [1.54, 1.807) is 6.08 Å². The SMILES string of the molecule is C=C/C=C\C=NCCN[C@@H]1CCC2(C)C3CCC4(C)C(CCCC(=O)OC)CCC4C3CC[C@H]2C1. The molecule has 4 heteroatoms. The first kappa shape index (κ1) is 26.6. The average molecular weight is 483 g/mol. The van der Waals surface area contributed by atoms with Gasteiger partial charge in [0.1, 0.15) is 0 Å². The summed E-state index contributed by atoms with van der Waals surface area (Å²) in [5, 5.41) is 3.82. The van der Waals surface area contributed by atoms with Gasteiger partial charge in [-0.2, -0.15) is 0 Å². The monoisotopic (exact) mass is 482 g/mol. The molecule has 0 radical (unpaired) electrons. The summed E-state index contributed by atoms with van der Waals surface area (Å²) < 4.78 is 4.88. The van der Waals surface area contributed by atoms with Gasteiger partial charge in [0.2, 0.25) is 0 Å². The highest BCUT2D eigenvalue weighted by molar-refractivity contribution is 5.71. The van der Waals surface area contributed by atoms with Crippen LogP contribution in [0.1, 0.15) is 90.9 Å². The summed E-state index contributed by atoms with van der Waals surface area (Å²) in [6.07, 6.45) is 22.9. The van der Waals surface area contributed by atoms with Crippen LogP contribution in [-0.2, 0) is 9.53 Å². The lowest BCUT2D eigenvalue weighted by Gasteiger charge is -2.61. The lowest BCUT2D eigenvalue weighted by atomic mass is 9.44. The second kappa shape index (κ2) is 11.8. The van der Waals surface area contributed by atoms with Gasteiger partial charge >= 0.3 is 5.97 Å². The molecule has 35 heavy (non-hydrogen) atoms. The number of esters is 1. The van der Waals surface area contributed by atoms with Crippen molar-refractivity contribution in [1.29, 1.82) is 0 Å². The number of nitrogens with one attached hydrogen (secondary N) is 1. The molecule has 1 N–H and O–H groups in total. The molecule has 0 heterocycles. The van der Waals surface area contributed by atoms with Gasteiger partial charge < -0.3 is 10.1 Å². The molecule has 196 valence electrons. The van der Waals surface area contributed by atoms with Gasteiger partial charge in [-0.25, -0.2) is 0 Å². The Hall–Kier alpha value is -1.42. The summed E-state index contributed by atoms with van der Waals surface area (Å²) in [7, 11) is 1.51. The van der Waals surface area contributed by atoms with Crippen LogP contribution in [0, 0.1) is 40.4 Å². The molecule has 0 amide bonds. The maximum Gasteiger partial charge on any atom is 0.305 e. The molecule has 4 aliphatic rings. The molecule has 0 saturated heterocycles. The van der Waals surface area contributed by atoms with Gasteiger partial charge in [0.25, 0.3) is 0 Å². The predicted octanol–water partition coefficient (Wildman–Crippen LogP) is 6.76. The average Bonchev–Trinajstić information content (AvgIpc) is 3.19. The first-order valence-corrected chi connectivity index (χ1v) is 14.5. The van der Waals surface area contributed by atoms with Gasteiger partial charge in [-0.15, -0.1) is 0 Å². The summed E-state index contributed by atoms with van der Waals surface area (Å²) in [6, 6.07) is 0.670. The van der Waals surface area contributed by atoms with Crippen LogP contribution in [0.3, 0.4) is 0 Å². The predicted molar refractivity (Wildman–Crippen MR) is 146 cm³/mol. The van der Waals surface area contributed by atoms with Gasteiger partial charge in [0, 0.05) is 25.2 Å². The first-order chi connectivity index (χ1) is 16.9. The topological polar surface area (TPSA) is 50.7 Å². The Morgan fingerprint density at radius 1 is 1.06 bits per heavy atom. The van der Waals surface area contributed by atoms with Gasteiger partial charge in [-0.1, -0.05) is 32.6 Å². The van der Waals surface area contributed by atoms with Crippen molar-refractivity contribution in [2.75, 3.05) is 20.2 Å². The Balaban J connectivity index is 1.30. The molecule has 0 aromatic heterocycles. The molecule has 4 aliphatic carbocycles. The van der Waals surface area contributed by atoms with Crippen molar-refractivity contribution in [3.8, 4) is 0 Å². The molecule has 0 aromatic carbocycles. The Morgan fingerprint density at radius 3 is 2.66 bits per heavy atom. The molecule has 4 fully saturated rings. The van der Waals surface area contributed by atoms with Gasteiger partial charge in [0.05, 0.1) is 13.7 Å². The van der Waals surface area contributed by atoms with Crippen molar-refractivity contribution in [2.45, 2.75) is 96.9 Å². The highest BCUT2D eigenvalue weighted by atomic mass is 16.5. The number of methoxy groups -OCH3 is 1. The quantitative estimate of drug-likeness (QED) is 0.162. The molecule has 0 aliphatic heterocycles. The van der Waals surface area contributed by atoms with Gasteiger partial charge in [-0.3, -0.25) is 9.79 Å². The first-order valence-electron chi connectivity index (χ1n) is 14.5. The molecular formula is C31H50N2O2. The van der Waals surface area contributed by atoms with Crippen LogP contribution in [-0.4, -0.2) is 38.4 Å². The zero-order valence-corrected chi connectivity index (χ0v) is 22.6. The Morgan fingerprint density at radius 2 is 1.86 bits per heavy atom. The Labute approximate surface area is 214 Å². The zero-order chi connectivity index (χ0) is 24.9. The van der Waals surface area contributed by atoms with Crippen molar-refractivity contribution < 1.29 is 9.53 Å². The highest BCUT2D eigenvalue weighted by Gasteiger charge is 2.59. The molecule has 4 saturated carbocycles. The van der Waals surface area contributed by atoms with Crippen molar-refractivity contribution in [3.05, 3.63) is 24.8 Å². The van der Waals surface area contributed by atoms with E-state index in [-0.39, 0.29) is 5.97 Å². The van der Waals surface area contributed by atoms with E-state index in [4.69, 9.17) is 4.74 Å². The third kappa shape index (κ3) is 5.63. The second-order valence-corrected chi connectivity index (χ2v) is 12.5. The molecule has 8 atom stereocenters. The molecule has 6 unspecified atom stereocenters. The van der Waals surface area contributed by atoms with E-state index in [1.165, 1.54) is 71.3 Å². The van der Waals surface area contributed by atoms with E-state index in [1.807, 2.05) is 18.4 Å². The van der Waals surface area contributed by atoms with Crippen LogP contribution < -0.4 is 5.32 Å². The number of carbonyl (C=O) groups is 1. The fourth-order valence-corrected chi connectivity index (χ4v) is 9.22.